The van der Waals surface area contributed by atoms with Crippen LogP contribution >= 0.6 is 0 Å². The van der Waals surface area contributed by atoms with Crippen LogP contribution in [0.5, 0.6) is 0 Å². The first-order valence-electron chi connectivity index (χ1n) is 9.20. The lowest BCUT2D eigenvalue weighted by Gasteiger charge is -2.27. The molecular weight excluding hydrogens is 359 g/mol. The third-order valence-corrected chi connectivity index (χ3v) is 4.68. The van der Waals surface area contributed by atoms with Crippen LogP contribution < -0.4 is 10.7 Å². The molecule has 1 aliphatic heterocycles. The molecule has 0 radical (unpaired) electrons. The molecule has 0 aromatic heterocycles. The normalized spacial score (nSPS) is 14.6. The summed E-state index contributed by atoms with van der Waals surface area (Å²) in [6, 6.07) is 11.7. The van der Waals surface area contributed by atoms with Crippen molar-refractivity contribution in [2.24, 2.45) is 5.10 Å². The maximum atomic E-state index is 14.4. The van der Waals surface area contributed by atoms with E-state index in [1.807, 2.05) is 12.1 Å². The average Bonchev–Trinajstić information content (AvgIpc) is 2.74. The van der Waals surface area contributed by atoms with Gasteiger partial charge in [0.05, 0.1) is 11.3 Å². The van der Waals surface area contributed by atoms with E-state index >= 15 is 0 Å². The summed E-state index contributed by atoms with van der Waals surface area (Å²) in [5.41, 5.74) is 5.42. The fraction of sp³-hybridized carbons (Fsp3) is 0.286. The standard InChI is InChI=1S/C21H23FN4O2/c1-23-25-20(17-5-3-2-4-16(17)14-27)13-15-6-7-19(22)18(12-15)21(28)26-10-8-24-9-11-26/h2-7,12,14,23-24H,8-11,13H2,1H3/b25-20-. The molecule has 6 nitrogen and oxygen atoms in total. The van der Waals surface area contributed by atoms with E-state index < -0.39 is 5.82 Å². The van der Waals surface area contributed by atoms with Crippen molar-refractivity contribution in [3.8, 4) is 0 Å². The molecule has 1 heterocycles. The second-order valence-electron chi connectivity index (χ2n) is 6.52. The Bertz CT molecular complexity index is 892. The first kappa shape index (κ1) is 19.7. The summed E-state index contributed by atoms with van der Waals surface area (Å²) in [6.07, 6.45) is 1.14. The van der Waals surface area contributed by atoms with Crippen LogP contribution in [0.25, 0.3) is 0 Å². The molecule has 28 heavy (non-hydrogen) atoms. The van der Waals surface area contributed by atoms with E-state index in [0.29, 0.717) is 49.4 Å². The Labute approximate surface area is 163 Å². The first-order chi connectivity index (χ1) is 13.6. The number of aldehydes is 1. The van der Waals surface area contributed by atoms with E-state index in [0.717, 1.165) is 11.8 Å². The molecule has 0 atom stereocenters. The fourth-order valence-electron chi connectivity index (χ4n) is 3.27. The number of hydrogen-bond donors (Lipinski definition) is 2. The molecule has 3 rings (SSSR count). The maximum Gasteiger partial charge on any atom is 0.256 e. The molecule has 7 heteroatoms. The second-order valence-corrected chi connectivity index (χ2v) is 6.52. The number of amides is 1. The number of nitrogens with zero attached hydrogens (tertiary/aromatic N) is 2. The van der Waals surface area contributed by atoms with Gasteiger partial charge in [-0.05, 0) is 17.7 Å². The minimum absolute atomic E-state index is 0.0619. The highest BCUT2D eigenvalue weighted by molar-refractivity contribution is 6.07. The van der Waals surface area contributed by atoms with E-state index in [1.54, 1.807) is 36.2 Å². The predicted molar refractivity (Wildman–Crippen MR) is 106 cm³/mol. The Morgan fingerprint density at radius 1 is 1.21 bits per heavy atom. The van der Waals surface area contributed by atoms with Crippen molar-refractivity contribution in [1.29, 1.82) is 0 Å². The van der Waals surface area contributed by atoms with Crippen LogP contribution in [0.15, 0.2) is 47.6 Å². The number of benzene rings is 2. The maximum absolute atomic E-state index is 14.4. The van der Waals surface area contributed by atoms with Crippen LogP contribution in [0.2, 0.25) is 0 Å². The SMILES string of the molecule is CN/N=C(/Cc1ccc(F)c(C(=O)N2CCNCC2)c1)c1ccccc1C=O. The quantitative estimate of drug-likeness (QED) is 0.454. The van der Waals surface area contributed by atoms with Crippen molar-refractivity contribution in [3.63, 3.8) is 0 Å². The van der Waals surface area contributed by atoms with Gasteiger partial charge in [-0.2, -0.15) is 5.10 Å². The molecule has 0 unspecified atom stereocenters. The largest absolute Gasteiger partial charge is 0.336 e. The Hall–Kier alpha value is -3.06. The van der Waals surface area contributed by atoms with Crippen molar-refractivity contribution in [3.05, 3.63) is 70.5 Å². The Kier molecular flexibility index (Phi) is 6.49. The zero-order valence-electron chi connectivity index (χ0n) is 15.7. The van der Waals surface area contributed by atoms with E-state index in [9.17, 15) is 14.0 Å². The van der Waals surface area contributed by atoms with E-state index in [4.69, 9.17) is 0 Å². The molecular formula is C21H23FN4O2. The number of hydrogen-bond acceptors (Lipinski definition) is 5. The number of hydrazone groups is 1. The summed E-state index contributed by atoms with van der Waals surface area (Å²) < 4.78 is 14.4. The number of carbonyl (C=O) groups excluding carboxylic acids is 2. The van der Waals surface area contributed by atoms with Crippen LogP contribution in [0.4, 0.5) is 4.39 Å². The van der Waals surface area contributed by atoms with Gasteiger partial charge in [0, 0.05) is 50.8 Å². The predicted octanol–water partition coefficient (Wildman–Crippen LogP) is 1.85. The molecule has 1 fully saturated rings. The van der Waals surface area contributed by atoms with Crippen LogP contribution in [0.3, 0.4) is 0 Å². The monoisotopic (exact) mass is 382 g/mol. The number of carbonyl (C=O) groups is 2. The first-order valence-corrected chi connectivity index (χ1v) is 9.20. The summed E-state index contributed by atoms with van der Waals surface area (Å²) >= 11 is 0. The zero-order chi connectivity index (χ0) is 19.9. The minimum Gasteiger partial charge on any atom is -0.336 e. The van der Waals surface area contributed by atoms with Crippen molar-refractivity contribution < 1.29 is 14.0 Å². The molecule has 0 bridgehead atoms. The summed E-state index contributed by atoms with van der Waals surface area (Å²) in [5.74, 6) is -0.839. The van der Waals surface area contributed by atoms with Crippen molar-refractivity contribution in [2.75, 3.05) is 33.2 Å². The van der Waals surface area contributed by atoms with Crippen LogP contribution in [0, 0.1) is 5.82 Å². The van der Waals surface area contributed by atoms with Crippen LogP contribution in [-0.4, -0.2) is 56.0 Å². The molecule has 1 amide bonds. The number of rotatable bonds is 6. The molecule has 146 valence electrons. The van der Waals surface area contributed by atoms with Gasteiger partial charge in [-0.25, -0.2) is 4.39 Å². The summed E-state index contributed by atoms with van der Waals surface area (Å²) in [5, 5.41) is 7.47. The van der Waals surface area contributed by atoms with Crippen molar-refractivity contribution in [1.82, 2.24) is 15.6 Å². The molecule has 0 aliphatic carbocycles. The molecule has 0 spiro atoms. The number of piperazine rings is 1. The minimum atomic E-state index is -0.535. The van der Waals surface area contributed by atoms with Gasteiger partial charge < -0.3 is 15.6 Å². The lowest BCUT2D eigenvalue weighted by Crippen LogP contribution is -2.46. The Morgan fingerprint density at radius 3 is 2.68 bits per heavy atom. The van der Waals surface area contributed by atoms with E-state index in [-0.39, 0.29) is 11.5 Å². The third-order valence-electron chi connectivity index (χ3n) is 4.68. The highest BCUT2D eigenvalue weighted by Crippen LogP contribution is 2.17. The van der Waals surface area contributed by atoms with Gasteiger partial charge in [0.2, 0.25) is 0 Å². The van der Waals surface area contributed by atoms with Gasteiger partial charge in [0.1, 0.15) is 5.82 Å². The molecule has 2 aromatic rings. The summed E-state index contributed by atoms with van der Waals surface area (Å²) in [6.45, 7) is 2.52. The van der Waals surface area contributed by atoms with E-state index in [1.165, 1.54) is 6.07 Å². The van der Waals surface area contributed by atoms with E-state index in [2.05, 4.69) is 15.8 Å². The zero-order valence-corrected chi connectivity index (χ0v) is 15.7. The smallest absolute Gasteiger partial charge is 0.256 e. The molecule has 2 N–H and O–H groups in total. The second kappa shape index (κ2) is 9.23. The lowest BCUT2D eigenvalue weighted by molar-refractivity contribution is 0.0731. The molecule has 1 aliphatic rings. The van der Waals surface area contributed by atoms with Gasteiger partial charge in [-0.1, -0.05) is 30.3 Å². The van der Waals surface area contributed by atoms with Crippen molar-refractivity contribution in [2.45, 2.75) is 6.42 Å². The van der Waals surface area contributed by atoms with Gasteiger partial charge in [0.25, 0.3) is 5.91 Å². The van der Waals surface area contributed by atoms with Gasteiger partial charge in [-0.3, -0.25) is 9.59 Å². The number of halogens is 1. The summed E-state index contributed by atoms with van der Waals surface area (Å²) in [4.78, 5) is 25.8. The Balaban J connectivity index is 1.89. The third kappa shape index (κ3) is 4.43. The van der Waals surface area contributed by atoms with Gasteiger partial charge in [0.15, 0.2) is 6.29 Å². The lowest BCUT2D eigenvalue weighted by atomic mass is 9.97. The molecule has 2 aromatic carbocycles. The molecule has 0 saturated carbocycles. The summed E-state index contributed by atoms with van der Waals surface area (Å²) in [7, 11) is 1.67. The fourth-order valence-corrected chi connectivity index (χ4v) is 3.27. The Morgan fingerprint density at radius 2 is 1.96 bits per heavy atom. The van der Waals surface area contributed by atoms with Gasteiger partial charge in [-0.15, -0.1) is 0 Å². The highest BCUT2D eigenvalue weighted by atomic mass is 19.1. The highest BCUT2D eigenvalue weighted by Gasteiger charge is 2.21. The van der Waals surface area contributed by atoms with Crippen molar-refractivity contribution >= 4 is 17.9 Å². The van der Waals surface area contributed by atoms with Crippen LogP contribution in [0.1, 0.15) is 31.8 Å². The van der Waals surface area contributed by atoms with Crippen LogP contribution in [-0.2, 0) is 6.42 Å². The topological polar surface area (TPSA) is 73.8 Å². The average molecular weight is 382 g/mol. The van der Waals surface area contributed by atoms with Gasteiger partial charge >= 0.3 is 0 Å². The number of nitrogens with one attached hydrogen (secondary N) is 2. The molecule has 1 saturated heterocycles.